The van der Waals surface area contributed by atoms with Gasteiger partial charge in [0.15, 0.2) is 0 Å². The van der Waals surface area contributed by atoms with Crippen molar-refractivity contribution in [1.82, 2.24) is 5.32 Å². The van der Waals surface area contributed by atoms with Gasteiger partial charge in [0.2, 0.25) is 5.91 Å². The van der Waals surface area contributed by atoms with E-state index >= 15 is 0 Å². The fourth-order valence-electron chi connectivity index (χ4n) is 2.72. The maximum absolute atomic E-state index is 13.0. The Kier molecular flexibility index (Phi) is 4.60. The molecule has 1 aliphatic carbocycles. The maximum Gasteiger partial charge on any atom is 0.310 e. The zero-order chi connectivity index (χ0) is 15.5. The molecule has 2 N–H and O–H groups in total. The summed E-state index contributed by atoms with van der Waals surface area (Å²) in [6.45, 7) is 2.26. The Morgan fingerprint density at radius 2 is 2.10 bits per heavy atom. The molecule has 1 aromatic carbocycles. The summed E-state index contributed by atoms with van der Waals surface area (Å²) < 4.78 is 13.0. The predicted molar refractivity (Wildman–Crippen MR) is 76.4 cm³/mol. The van der Waals surface area contributed by atoms with E-state index in [0.29, 0.717) is 25.8 Å². The zero-order valence-electron chi connectivity index (χ0n) is 12.1. The number of carboxylic acids is 1. The second-order valence-corrected chi connectivity index (χ2v) is 5.79. The molecule has 1 aliphatic rings. The van der Waals surface area contributed by atoms with Gasteiger partial charge in [-0.05, 0) is 49.4 Å². The van der Waals surface area contributed by atoms with Crippen LogP contribution >= 0.6 is 0 Å². The number of hydrogen-bond acceptors (Lipinski definition) is 2. The van der Waals surface area contributed by atoms with Crippen LogP contribution in [0.1, 0.15) is 36.8 Å². The van der Waals surface area contributed by atoms with Crippen LogP contribution in [0, 0.1) is 18.2 Å². The molecule has 0 spiro atoms. The average Bonchev–Trinajstić information content (AvgIpc) is 2.36. The van der Waals surface area contributed by atoms with Crippen LogP contribution in [-0.4, -0.2) is 23.5 Å². The minimum atomic E-state index is -0.877. The van der Waals surface area contributed by atoms with Gasteiger partial charge in [0.05, 0.1) is 5.41 Å². The van der Waals surface area contributed by atoms with Gasteiger partial charge in [-0.25, -0.2) is 4.39 Å². The Morgan fingerprint density at radius 1 is 1.38 bits per heavy atom. The van der Waals surface area contributed by atoms with Gasteiger partial charge < -0.3 is 10.4 Å². The van der Waals surface area contributed by atoms with Crippen LogP contribution in [0.3, 0.4) is 0 Å². The van der Waals surface area contributed by atoms with Gasteiger partial charge in [-0.1, -0.05) is 12.5 Å². The van der Waals surface area contributed by atoms with E-state index in [1.54, 1.807) is 6.07 Å². The molecule has 0 bridgehead atoms. The molecule has 0 heterocycles. The summed E-state index contributed by atoms with van der Waals surface area (Å²) in [6.07, 6.45) is 2.68. The van der Waals surface area contributed by atoms with Gasteiger partial charge in [0, 0.05) is 13.0 Å². The maximum atomic E-state index is 13.0. The first-order valence-corrected chi connectivity index (χ1v) is 7.18. The second-order valence-electron chi connectivity index (χ2n) is 5.79. The summed E-state index contributed by atoms with van der Waals surface area (Å²) in [4.78, 5) is 23.0. The van der Waals surface area contributed by atoms with Crippen molar-refractivity contribution in [1.29, 1.82) is 0 Å². The van der Waals surface area contributed by atoms with Gasteiger partial charge in [0.1, 0.15) is 5.82 Å². The summed E-state index contributed by atoms with van der Waals surface area (Å²) in [5, 5.41) is 11.9. The van der Waals surface area contributed by atoms with Crippen molar-refractivity contribution in [3.63, 3.8) is 0 Å². The molecule has 5 heteroatoms. The molecule has 0 aromatic heterocycles. The van der Waals surface area contributed by atoms with Crippen molar-refractivity contribution in [2.75, 3.05) is 6.54 Å². The van der Waals surface area contributed by atoms with E-state index in [4.69, 9.17) is 0 Å². The normalized spacial score (nSPS) is 16.1. The predicted octanol–water partition coefficient (Wildman–Crippen LogP) is 2.44. The lowest BCUT2D eigenvalue weighted by atomic mass is 9.66. The molecule has 1 aromatic rings. The molecular formula is C16H20FNO3. The van der Waals surface area contributed by atoms with Crippen LogP contribution < -0.4 is 5.32 Å². The lowest BCUT2D eigenvalue weighted by Gasteiger charge is -2.36. The third-order valence-electron chi connectivity index (χ3n) is 4.28. The summed E-state index contributed by atoms with van der Waals surface area (Å²) in [7, 11) is 0. The summed E-state index contributed by atoms with van der Waals surface area (Å²) >= 11 is 0. The van der Waals surface area contributed by atoms with Crippen LogP contribution in [-0.2, 0) is 16.0 Å². The first-order chi connectivity index (χ1) is 9.93. The molecule has 0 saturated heterocycles. The van der Waals surface area contributed by atoms with Crippen molar-refractivity contribution in [2.45, 2.75) is 39.0 Å². The van der Waals surface area contributed by atoms with E-state index in [0.717, 1.165) is 17.5 Å². The summed E-state index contributed by atoms with van der Waals surface area (Å²) in [5.74, 6) is -1.37. The largest absolute Gasteiger partial charge is 0.481 e. The van der Waals surface area contributed by atoms with E-state index in [1.807, 2.05) is 6.92 Å². The highest BCUT2D eigenvalue weighted by atomic mass is 19.1. The van der Waals surface area contributed by atoms with Crippen LogP contribution in [0.2, 0.25) is 0 Å². The van der Waals surface area contributed by atoms with E-state index in [-0.39, 0.29) is 18.1 Å². The number of hydrogen-bond donors (Lipinski definition) is 2. The lowest BCUT2D eigenvalue weighted by molar-refractivity contribution is -0.157. The van der Waals surface area contributed by atoms with Crippen molar-refractivity contribution in [3.8, 4) is 0 Å². The van der Waals surface area contributed by atoms with Crippen molar-refractivity contribution < 1.29 is 19.1 Å². The number of benzene rings is 1. The number of aryl methyl sites for hydroxylation is 1. The SMILES string of the molecule is Cc1cc(F)ccc1CCNC(=O)CC1(C(=O)O)CCC1. The van der Waals surface area contributed by atoms with Gasteiger partial charge in [-0.2, -0.15) is 0 Å². The van der Waals surface area contributed by atoms with Crippen molar-refractivity contribution >= 4 is 11.9 Å². The minimum Gasteiger partial charge on any atom is -0.481 e. The number of carboxylic acid groups (broad SMARTS) is 1. The highest BCUT2D eigenvalue weighted by Crippen LogP contribution is 2.44. The van der Waals surface area contributed by atoms with Crippen LogP contribution in [0.25, 0.3) is 0 Å². The Balaban J connectivity index is 1.80. The van der Waals surface area contributed by atoms with E-state index in [9.17, 15) is 19.1 Å². The number of halogens is 1. The van der Waals surface area contributed by atoms with E-state index in [1.165, 1.54) is 12.1 Å². The highest BCUT2D eigenvalue weighted by molar-refractivity contribution is 5.85. The molecular weight excluding hydrogens is 273 g/mol. The van der Waals surface area contributed by atoms with E-state index < -0.39 is 11.4 Å². The average molecular weight is 293 g/mol. The number of nitrogens with one attached hydrogen (secondary N) is 1. The van der Waals surface area contributed by atoms with E-state index in [2.05, 4.69) is 5.32 Å². The molecule has 1 fully saturated rings. The summed E-state index contributed by atoms with van der Waals surface area (Å²) in [6, 6.07) is 4.57. The molecule has 0 unspecified atom stereocenters. The molecule has 114 valence electrons. The molecule has 0 atom stereocenters. The Morgan fingerprint density at radius 3 is 2.62 bits per heavy atom. The lowest BCUT2D eigenvalue weighted by Crippen LogP contribution is -2.42. The number of carbonyl (C=O) groups is 2. The Hall–Kier alpha value is -1.91. The standard InChI is InChI=1S/C16H20FNO3/c1-11-9-13(17)4-3-12(11)5-8-18-14(19)10-16(15(20)21)6-2-7-16/h3-4,9H,2,5-8,10H2,1H3,(H,18,19)(H,20,21). The van der Waals surface area contributed by atoms with Crippen molar-refractivity contribution in [2.24, 2.45) is 5.41 Å². The van der Waals surface area contributed by atoms with Gasteiger partial charge in [-0.15, -0.1) is 0 Å². The monoisotopic (exact) mass is 293 g/mol. The Bertz CT molecular complexity index is 552. The molecule has 2 rings (SSSR count). The molecule has 1 saturated carbocycles. The number of amides is 1. The van der Waals surface area contributed by atoms with Gasteiger partial charge in [-0.3, -0.25) is 9.59 Å². The third kappa shape index (κ3) is 3.60. The number of carbonyl (C=O) groups excluding carboxylic acids is 1. The van der Waals surface area contributed by atoms with Gasteiger partial charge >= 0.3 is 5.97 Å². The minimum absolute atomic E-state index is 0.0464. The first-order valence-electron chi connectivity index (χ1n) is 7.18. The first kappa shape index (κ1) is 15.5. The fourth-order valence-corrected chi connectivity index (χ4v) is 2.72. The topological polar surface area (TPSA) is 66.4 Å². The molecule has 1 amide bonds. The smallest absolute Gasteiger partial charge is 0.310 e. The third-order valence-corrected chi connectivity index (χ3v) is 4.28. The van der Waals surface area contributed by atoms with Crippen molar-refractivity contribution in [3.05, 3.63) is 35.1 Å². The van der Waals surface area contributed by atoms with Crippen LogP contribution in [0.15, 0.2) is 18.2 Å². The second kappa shape index (κ2) is 6.24. The quantitative estimate of drug-likeness (QED) is 0.846. The molecule has 0 aliphatic heterocycles. The molecule has 0 radical (unpaired) electrons. The van der Waals surface area contributed by atoms with Crippen LogP contribution in [0.4, 0.5) is 4.39 Å². The fraction of sp³-hybridized carbons (Fsp3) is 0.500. The number of rotatable bonds is 6. The summed E-state index contributed by atoms with van der Waals surface area (Å²) in [5.41, 5.74) is 0.981. The molecule has 4 nitrogen and oxygen atoms in total. The highest BCUT2D eigenvalue weighted by Gasteiger charge is 2.45. The van der Waals surface area contributed by atoms with Gasteiger partial charge in [0.25, 0.3) is 0 Å². The number of aliphatic carboxylic acids is 1. The zero-order valence-corrected chi connectivity index (χ0v) is 12.1. The Labute approximate surface area is 123 Å². The molecule has 21 heavy (non-hydrogen) atoms. The van der Waals surface area contributed by atoms with Crippen LogP contribution in [0.5, 0.6) is 0 Å².